The van der Waals surface area contributed by atoms with Crippen molar-refractivity contribution in [3.8, 4) is 0 Å². The summed E-state index contributed by atoms with van der Waals surface area (Å²) >= 11 is 0. The molecule has 0 spiro atoms. The summed E-state index contributed by atoms with van der Waals surface area (Å²) in [6.45, 7) is 2.17. The van der Waals surface area contributed by atoms with E-state index in [2.05, 4.69) is 29.7 Å². The Balaban J connectivity index is 2.04. The molecule has 1 unspecified atom stereocenters. The standard InChI is InChI=1S/C14H19NO/c1-10-9-12-13(7-4-8-14(12)16)15(10)11-5-2-3-6-11/h2-3,9,11,14,16H,4-8H2,1H3. The molecule has 2 nitrogen and oxygen atoms in total. The zero-order chi connectivity index (χ0) is 11.1. The van der Waals surface area contributed by atoms with Crippen molar-refractivity contribution in [1.82, 2.24) is 4.57 Å². The molecule has 0 aromatic carbocycles. The SMILES string of the molecule is Cc1cc2c(n1C1CC=CC1)CCCC2O. The molecule has 86 valence electrons. The Morgan fingerprint density at radius 1 is 1.31 bits per heavy atom. The van der Waals surface area contributed by atoms with E-state index >= 15 is 0 Å². The first-order valence-electron chi connectivity index (χ1n) is 6.31. The first-order valence-corrected chi connectivity index (χ1v) is 6.31. The number of aliphatic hydroxyl groups excluding tert-OH is 1. The van der Waals surface area contributed by atoms with Gasteiger partial charge in [-0.15, -0.1) is 0 Å². The number of rotatable bonds is 1. The van der Waals surface area contributed by atoms with Crippen LogP contribution in [-0.4, -0.2) is 9.67 Å². The maximum Gasteiger partial charge on any atom is 0.0807 e. The molecule has 2 aliphatic carbocycles. The summed E-state index contributed by atoms with van der Waals surface area (Å²) in [6, 6.07) is 2.80. The number of aryl methyl sites for hydroxylation is 1. The van der Waals surface area contributed by atoms with Crippen LogP contribution >= 0.6 is 0 Å². The summed E-state index contributed by atoms with van der Waals surface area (Å²) in [7, 11) is 0. The van der Waals surface area contributed by atoms with Gasteiger partial charge in [-0.05, 0) is 45.1 Å². The van der Waals surface area contributed by atoms with E-state index in [1.165, 1.54) is 17.0 Å². The van der Waals surface area contributed by atoms with Crippen LogP contribution in [0, 0.1) is 6.92 Å². The third-order valence-corrected chi connectivity index (χ3v) is 3.97. The molecule has 1 atom stereocenters. The second-order valence-electron chi connectivity index (χ2n) is 5.06. The lowest BCUT2D eigenvalue weighted by Crippen LogP contribution is -2.15. The van der Waals surface area contributed by atoms with Crippen LogP contribution < -0.4 is 0 Å². The average molecular weight is 217 g/mol. The van der Waals surface area contributed by atoms with Crippen LogP contribution in [0.15, 0.2) is 18.2 Å². The van der Waals surface area contributed by atoms with E-state index < -0.39 is 0 Å². The average Bonchev–Trinajstić information content (AvgIpc) is 2.85. The summed E-state index contributed by atoms with van der Waals surface area (Å²) in [5.74, 6) is 0. The molecule has 0 saturated heterocycles. The first kappa shape index (κ1) is 10.2. The molecule has 0 fully saturated rings. The lowest BCUT2D eigenvalue weighted by atomic mass is 9.95. The van der Waals surface area contributed by atoms with Crippen molar-refractivity contribution in [2.75, 3.05) is 0 Å². The Bertz CT molecular complexity index is 422. The molecule has 1 heterocycles. The molecule has 0 saturated carbocycles. The van der Waals surface area contributed by atoms with Crippen LogP contribution in [0.4, 0.5) is 0 Å². The van der Waals surface area contributed by atoms with E-state index in [-0.39, 0.29) is 6.10 Å². The van der Waals surface area contributed by atoms with Gasteiger partial charge in [0.25, 0.3) is 0 Å². The van der Waals surface area contributed by atoms with Gasteiger partial charge in [0.15, 0.2) is 0 Å². The van der Waals surface area contributed by atoms with E-state index in [4.69, 9.17) is 0 Å². The molecule has 16 heavy (non-hydrogen) atoms. The molecule has 1 aromatic rings. The number of fused-ring (bicyclic) bond motifs is 1. The smallest absolute Gasteiger partial charge is 0.0807 e. The molecule has 0 amide bonds. The van der Waals surface area contributed by atoms with E-state index in [0.29, 0.717) is 6.04 Å². The van der Waals surface area contributed by atoms with Gasteiger partial charge < -0.3 is 9.67 Å². The van der Waals surface area contributed by atoms with E-state index in [1.807, 2.05) is 0 Å². The second-order valence-corrected chi connectivity index (χ2v) is 5.06. The number of allylic oxidation sites excluding steroid dienone is 2. The highest BCUT2D eigenvalue weighted by Gasteiger charge is 2.26. The largest absolute Gasteiger partial charge is 0.388 e. The number of nitrogens with zero attached hydrogens (tertiary/aromatic N) is 1. The molecule has 1 N–H and O–H groups in total. The van der Waals surface area contributed by atoms with Gasteiger partial charge in [-0.3, -0.25) is 0 Å². The van der Waals surface area contributed by atoms with Crippen LogP contribution in [0.25, 0.3) is 0 Å². The van der Waals surface area contributed by atoms with Gasteiger partial charge in [-0.1, -0.05) is 12.2 Å². The highest BCUT2D eigenvalue weighted by Crippen LogP contribution is 2.36. The Kier molecular flexibility index (Phi) is 2.40. The zero-order valence-corrected chi connectivity index (χ0v) is 9.82. The minimum absolute atomic E-state index is 0.224. The Morgan fingerprint density at radius 2 is 2.06 bits per heavy atom. The number of aromatic nitrogens is 1. The molecule has 3 rings (SSSR count). The lowest BCUT2D eigenvalue weighted by Gasteiger charge is -2.23. The number of aliphatic hydroxyl groups is 1. The predicted octanol–water partition coefficient (Wildman–Crippen LogP) is 3.06. The quantitative estimate of drug-likeness (QED) is 0.719. The molecular weight excluding hydrogens is 198 g/mol. The fourth-order valence-corrected chi connectivity index (χ4v) is 3.22. The van der Waals surface area contributed by atoms with Crippen molar-refractivity contribution < 1.29 is 5.11 Å². The van der Waals surface area contributed by atoms with Crippen molar-refractivity contribution in [3.63, 3.8) is 0 Å². The topological polar surface area (TPSA) is 25.2 Å². The van der Waals surface area contributed by atoms with Gasteiger partial charge in [0.2, 0.25) is 0 Å². The highest BCUT2D eigenvalue weighted by molar-refractivity contribution is 5.33. The van der Waals surface area contributed by atoms with Gasteiger partial charge in [0, 0.05) is 23.0 Å². The second kappa shape index (κ2) is 3.77. The van der Waals surface area contributed by atoms with Gasteiger partial charge in [0.05, 0.1) is 6.10 Å². The number of hydrogen-bond acceptors (Lipinski definition) is 1. The fraction of sp³-hybridized carbons (Fsp3) is 0.571. The monoisotopic (exact) mass is 217 g/mol. The third kappa shape index (κ3) is 1.44. The van der Waals surface area contributed by atoms with Gasteiger partial charge >= 0.3 is 0 Å². The maximum absolute atomic E-state index is 10.0. The van der Waals surface area contributed by atoms with Crippen molar-refractivity contribution in [1.29, 1.82) is 0 Å². The Hall–Kier alpha value is -1.02. The summed E-state index contributed by atoms with van der Waals surface area (Å²) in [5, 5.41) is 10.0. The van der Waals surface area contributed by atoms with Crippen LogP contribution in [0.2, 0.25) is 0 Å². The Labute approximate surface area is 96.6 Å². The minimum Gasteiger partial charge on any atom is -0.388 e. The molecular formula is C14H19NO. The predicted molar refractivity (Wildman–Crippen MR) is 64.5 cm³/mol. The van der Waals surface area contributed by atoms with Crippen LogP contribution in [0.3, 0.4) is 0 Å². The van der Waals surface area contributed by atoms with E-state index in [0.717, 1.165) is 32.1 Å². The lowest BCUT2D eigenvalue weighted by molar-refractivity contribution is 0.155. The molecule has 0 radical (unpaired) electrons. The van der Waals surface area contributed by atoms with Crippen LogP contribution in [0.5, 0.6) is 0 Å². The molecule has 2 heteroatoms. The molecule has 0 bridgehead atoms. The fourth-order valence-electron chi connectivity index (χ4n) is 3.22. The first-order chi connectivity index (χ1) is 7.77. The summed E-state index contributed by atoms with van der Waals surface area (Å²) in [6.07, 6.45) is 9.81. The minimum atomic E-state index is -0.224. The highest BCUT2D eigenvalue weighted by atomic mass is 16.3. The zero-order valence-electron chi connectivity index (χ0n) is 9.82. The van der Waals surface area contributed by atoms with E-state index in [9.17, 15) is 5.11 Å². The van der Waals surface area contributed by atoms with Crippen molar-refractivity contribution in [2.24, 2.45) is 0 Å². The van der Waals surface area contributed by atoms with Gasteiger partial charge in [-0.2, -0.15) is 0 Å². The number of hydrogen-bond donors (Lipinski definition) is 1. The molecule has 1 aromatic heterocycles. The van der Waals surface area contributed by atoms with Crippen LogP contribution in [-0.2, 0) is 6.42 Å². The van der Waals surface area contributed by atoms with Crippen molar-refractivity contribution in [2.45, 2.75) is 51.2 Å². The molecule has 0 aliphatic heterocycles. The maximum atomic E-state index is 10.0. The van der Waals surface area contributed by atoms with Crippen molar-refractivity contribution in [3.05, 3.63) is 35.2 Å². The Morgan fingerprint density at radius 3 is 2.81 bits per heavy atom. The third-order valence-electron chi connectivity index (χ3n) is 3.97. The van der Waals surface area contributed by atoms with Gasteiger partial charge in [0.1, 0.15) is 0 Å². The summed E-state index contributed by atoms with van der Waals surface area (Å²) in [5.41, 5.74) is 3.90. The van der Waals surface area contributed by atoms with Crippen LogP contribution in [0.1, 0.15) is 54.8 Å². The normalized spacial score (nSPS) is 25.0. The van der Waals surface area contributed by atoms with Gasteiger partial charge in [-0.25, -0.2) is 0 Å². The molecule has 2 aliphatic rings. The van der Waals surface area contributed by atoms with E-state index in [1.54, 1.807) is 0 Å². The summed E-state index contributed by atoms with van der Waals surface area (Å²) < 4.78 is 2.47. The van der Waals surface area contributed by atoms with Crippen molar-refractivity contribution >= 4 is 0 Å². The summed E-state index contributed by atoms with van der Waals surface area (Å²) in [4.78, 5) is 0.